The molecule has 0 aromatic heterocycles. The predicted octanol–water partition coefficient (Wildman–Crippen LogP) is 5.45. The van der Waals surface area contributed by atoms with Gasteiger partial charge in [-0.05, 0) is 35.8 Å². The van der Waals surface area contributed by atoms with Crippen LogP contribution in [-0.4, -0.2) is 0 Å². The van der Waals surface area contributed by atoms with Crippen LogP contribution in [0.2, 0.25) is 0 Å². The molecule has 1 aliphatic carbocycles. The second-order valence-corrected chi connectivity index (χ2v) is 5.60. The van der Waals surface area contributed by atoms with Crippen LogP contribution in [0.15, 0.2) is 36.4 Å². The highest BCUT2D eigenvalue weighted by atomic mass is 35.5. The largest absolute Gasteiger partial charge is 0.206 e. The van der Waals surface area contributed by atoms with Gasteiger partial charge in [0, 0.05) is 5.39 Å². The summed E-state index contributed by atoms with van der Waals surface area (Å²) in [5, 5.41) is 1.65. The first-order chi connectivity index (χ1) is 8.77. The maximum Gasteiger partial charge on any atom is 0.131 e. The summed E-state index contributed by atoms with van der Waals surface area (Å²) in [5.74, 6) is 0.380. The molecule has 0 amide bonds. The Balaban J connectivity index is 2.08. The van der Waals surface area contributed by atoms with E-state index >= 15 is 0 Å². The second kappa shape index (κ2) is 4.89. The molecule has 0 radical (unpaired) electrons. The average Bonchev–Trinajstić information content (AvgIpc) is 2.93. The molecule has 1 fully saturated rings. The summed E-state index contributed by atoms with van der Waals surface area (Å²) in [4.78, 5) is 0. The van der Waals surface area contributed by atoms with Crippen molar-refractivity contribution in [3.05, 3.63) is 47.8 Å². The summed E-state index contributed by atoms with van der Waals surface area (Å²) < 4.78 is 13.8. The van der Waals surface area contributed by atoms with E-state index in [4.69, 9.17) is 11.6 Å². The van der Waals surface area contributed by atoms with E-state index in [1.165, 1.54) is 25.7 Å². The smallest absolute Gasteiger partial charge is 0.131 e. The fourth-order valence-electron chi connectivity index (χ4n) is 3.03. The van der Waals surface area contributed by atoms with Crippen molar-refractivity contribution in [2.75, 3.05) is 0 Å². The molecule has 2 aromatic carbocycles. The van der Waals surface area contributed by atoms with Crippen molar-refractivity contribution in [2.45, 2.75) is 31.1 Å². The minimum atomic E-state index is -0.162. The lowest BCUT2D eigenvalue weighted by Gasteiger charge is -2.19. The van der Waals surface area contributed by atoms with Gasteiger partial charge in [0.2, 0.25) is 0 Å². The summed E-state index contributed by atoms with van der Waals surface area (Å²) in [6.07, 6.45) is 4.93. The number of hydrogen-bond donors (Lipinski definition) is 0. The molecular weight excluding hydrogens is 247 g/mol. The lowest BCUT2D eigenvalue weighted by atomic mass is 9.93. The van der Waals surface area contributed by atoms with E-state index in [-0.39, 0.29) is 11.2 Å². The Morgan fingerprint density at radius 1 is 1.00 bits per heavy atom. The molecule has 1 unspecified atom stereocenters. The molecule has 0 saturated heterocycles. The van der Waals surface area contributed by atoms with Crippen LogP contribution < -0.4 is 0 Å². The first-order valence-corrected chi connectivity index (χ1v) is 7.02. The molecular formula is C16H16ClF. The van der Waals surface area contributed by atoms with Crippen molar-refractivity contribution in [3.8, 4) is 0 Å². The Labute approximate surface area is 112 Å². The lowest BCUT2D eigenvalue weighted by molar-refractivity contribution is 0.530. The zero-order chi connectivity index (χ0) is 12.5. The van der Waals surface area contributed by atoms with Gasteiger partial charge in [-0.2, -0.15) is 0 Å². The summed E-state index contributed by atoms with van der Waals surface area (Å²) in [6.45, 7) is 0. The van der Waals surface area contributed by atoms with Crippen LogP contribution in [-0.2, 0) is 0 Å². The second-order valence-electron chi connectivity index (χ2n) is 5.13. The Morgan fingerprint density at radius 2 is 1.67 bits per heavy atom. The fraction of sp³-hybridized carbons (Fsp3) is 0.375. The van der Waals surface area contributed by atoms with Crippen LogP contribution in [0, 0.1) is 11.7 Å². The monoisotopic (exact) mass is 262 g/mol. The SMILES string of the molecule is Fc1ccc(C(Cl)C2CCCC2)c2ccccc12. The maximum atomic E-state index is 13.8. The zero-order valence-electron chi connectivity index (χ0n) is 10.2. The number of alkyl halides is 1. The zero-order valence-corrected chi connectivity index (χ0v) is 11.0. The minimum absolute atomic E-state index is 0.0120. The third kappa shape index (κ3) is 2.01. The number of rotatable bonds is 2. The molecule has 3 rings (SSSR count). The van der Waals surface area contributed by atoms with Gasteiger partial charge in [0.05, 0.1) is 5.38 Å². The minimum Gasteiger partial charge on any atom is -0.206 e. The van der Waals surface area contributed by atoms with Crippen LogP contribution in [0.4, 0.5) is 4.39 Å². The third-order valence-electron chi connectivity index (χ3n) is 4.02. The number of benzene rings is 2. The molecule has 1 atom stereocenters. The molecule has 1 saturated carbocycles. The van der Waals surface area contributed by atoms with E-state index in [0.29, 0.717) is 11.3 Å². The topological polar surface area (TPSA) is 0 Å². The molecule has 1 aliphatic rings. The molecule has 2 heteroatoms. The normalized spacial score (nSPS) is 18.3. The van der Waals surface area contributed by atoms with Crippen molar-refractivity contribution in [3.63, 3.8) is 0 Å². The summed E-state index contributed by atoms with van der Waals surface area (Å²) in [6, 6.07) is 11.0. The van der Waals surface area contributed by atoms with Gasteiger partial charge in [0.1, 0.15) is 5.82 Å². The van der Waals surface area contributed by atoms with Crippen molar-refractivity contribution in [1.82, 2.24) is 0 Å². The highest BCUT2D eigenvalue weighted by Gasteiger charge is 2.25. The Bertz CT molecular complexity index is 558. The summed E-state index contributed by atoms with van der Waals surface area (Å²) in [7, 11) is 0. The quantitative estimate of drug-likeness (QED) is 0.632. The van der Waals surface area contributed by atoms with Crippen LogP contribution in [0.3, 0.4) is 0 Å². The molecule has 18 heavy (non-hydrogen) atoms. The fourth-order valence-corrected chi connectivity index (χ4v) is 3.47. The number of hydrogen-bond acceptors (Lipinski definition) is 0. The van der Waals surface area contributed by atoms with Crippen LogP contribution >= 0.6 is 11.6 Å². The Hall–Kier alpha value is -1.08. The molecule has 0 bridgehead atoms. The van der Waals surface area contributed by atoms with Crippen LogP contribution in [0.5, 0.6) is 0 Å². The number of fused-ring (bicyclic) bond motifs is 1. The van der Waals surface area contributed by atoms with E-state index in [2.05, 4.69) is 0 Å². The third-order valence-corrected chi connectivity index (χ3v) is 4.61. The van der Waals surface area contributed by atoms with Gasteiger partial charge in [-0.3, -0.25) is 0 Å². The Morgan fingerprint density at radius 3 is 2.39 bits per heavy atom. The van der Waals surface area contributed by atoms with Crippen molar-refractivity contribution in [1.29, 1.82) is 0 Å². The molecule has 0 heterocycles. The van der Waals surface area contributed by atoms with E-state index in [9.17, 15) is 4.39 Å². The number of halogens is 2. The van der Waals surface area contributed by atoms with E-state index in [1.807, 2.05) is 30.3 Å². The standard InChI is InChI=1S/C16H16ClF/c17-16(11-5-1-2-6-11)14-9-10-15(18)13-8-4-3-7-12(13)14/h3-4,7-11,16H,1-2,5-6H2. The van der Waals surface area contributed by atoms with Crippen LogP contribution in [0.25, 0.3) is 10.8 Å². The van der Waals surface area contributed by atoms with Gasteiger partial charge < -0.3 is 0 Å². The summed E-state index contributed by atoms with van der Waals surface area (Å²) >= 11 is 6.62. The highest BCUT2D eigenvalue weighted by molar-refractivity contribution is 6.22. The van der Waals surface area contributed by atoms with E-state index in [1.54, 1.807) is 6.07 Å². The molecule has 2 aromatic rings. The first kappa shape index (κ1) is 12.0. The van der Waals surface area contributed by atoms with Crippen molar-refractivity contribution in [2.24, 2.45) is 5.92 Å². The van der Waals surface area contributed by atoms with Gasteiger partial charge in [0.15, 0.2) is 0 Å². The van der Waals surface area contributed by atoms with Crippen molar-refractivity contribution < 1.29 is 4.39 Å². The van der Waals surface area contributed by atoms with Crippen molar-refractivity contribution >= 4 is 22.4 Å². The van der Waals surface area contributed by atoms with Gasteiger partial charge in [-0.25, -0.2) is 4.39 Å². The molecule has 94 valence electrons. The van der Waals surface area contributed by atoms with Crippen LogP contribution in [0.1, 0.15) is 36.6 Å². The maximum absolute atomic E-state index is 13.8. The summed E-state index contributed by atoms with van der Waals surface area (Å²) in [5.41, 5.74) is 1.08. The molecule has 0 N–H and O–H groups in total. The average molecular weight is 263 g/mol. The van der Waals surface area contributed by atoms with Gasteiger partial charge in [-0.15, -0.1) is 11.6 Å². The van der Waals surface area contributed by atoms with Gasteiger partial charge >= 0.3 is 0 Å². The molecule has 0 spiro atoms. The highest BCUT2D eigenvalue weighted by Crippen LogP contribution is 2.42. The molecule has 0 nitrogen and oxygen atoms in total. The van der Waals surface area contributed by atoms with Gasteiger partial charge in [-0.1, -0.05) is 43.2 Å². The molecule has 0 aliphatic heterocycles. The van der Waals surface area contributed by atoms with E-state index in [0.717, 1.165) is 10.9 Å². The van der Waals surface area contributed by atoms with E-state index < -0.39 is 0 Å². The Kier molecular flexibility index (Phi) is 3.25. The lowest BCUT2D eigenvalue weighted by Crippen LogP contribution is -2.04. The first-order valence-electron chi connectivity index (χ1n) is 6.58. The predicted molar refractivity (Wildman–Crippen MR) is 74.5 cm³/mol. The van der Waals surface area contributed by atoms with Gasteiger partial charge in [0.25, 0.3) is 0 Å².